The van der Waals surface area contributed by atoms with Crippen molar-refractivity contribution in [2.24, 2.45) is 0 Å². The number of nitrogens with two attached hydrogens (primary N) is 1. The Hall–Kier alpha value is -1.79. The molecule has 6 heteroatoms. The van der Waals surface area contributed by atoms with Gasteiger partial charge in [0.25, 0.3) is 0 Å². The van der Waals surface area contributed by atoms with E-state index in [0.717, 1.165) is 6.54 Å². The van der Waals surface area contributed by atoms with Gasteiger partial charge in [0.05, 0.1) is 30.6 Å². The van der Waals surface area contributed by atoms with Gasteiger partial charge in [-0.2, -0.15) is 0 Å². The van der Waals surface area contributed by atoms with Crippen LogP contribution in [0, 0.1) is 0 Å². The maximum Gasteiger partial charge on any atom is 0.238 e. The number of likely N-dealkylation sites (tertiary alicyclic amines) is 1. The van der Waals surface area contributed by atoms with Crippen molar-refractivity contribution in [3.05, 3.63) is 18.2 Å². The Kier molecular flexibility index (Phi) is 4.15. The van der Waals surface area contributed by atoms with Crippen molar-refractivity contribution in [1.29, 1.82) is 0 Å². The molecule has 1 aromatic rings. The molecule has 1 fully saturated rings. The fourth-order valence-electron chi connectivity index (χ4n) is 2.35. The summed E-state index contributed by atoms with van der Waals surface area (Å²) in [5.74, 6) is 0.510. The Labute approximate surface area is 118 Å². The van der Waals surface area contributed by atoms with Gasteiger partial charge in [0.15, 0.2) is 0 Å². The summed E-state index contributed by atoms with van der Waals surface area (Å²) in [6, 6.07) is 5.12. The molecule has 1 aromatic carbocycles. The fraction of sp³-hybridized carbons (Fsp3) is 0.500. The van der Waals surface area contributed by atoms with Crippen LogP contribution in [0.4, 0.5) is 11.4 Å². The summed E-state index contributed by atoms with van der Waals surface area (Å²) in [4.78, 5) is 13.9. The Morgan fingerprint density at radius 3 is 2.90 bits per heavy atom. The zero-order chi connectivity index (χ0) is 14.8. The zero-order valence-corrected chi connectivity index (χ0v) is 11.8. The molecule has 4 N–H and O–H groups in total. The van der Waals surface area contributed by atoms with Gasteiger partial charge in [-0.25, -0.2) is 0 Å². The summed E-state index contributed by atoms with van der Waals surface area (Å²) < 4.78 is 5.06. The molecular formula is C14H21N3O3. The summed E-state index contributed by atoms with van der Waals surface area (Å²) in [6.07, 6.45) is 0.685. The zero-order valence-electron chi connectivity index (χ0n) is 11.8. The van der Waals surface area contributed by atoms with Crippen LogP contribution in [0.25, 0.3) is 0 Å². The van der Waals surface area contributed by atoms with E-state index >= 15 is 0 Å². The average molecular weight is 279 g/mol. The van der Waals surface area contributed by atoms with Crippen LogP contribution in [0.3, 0.4) is 0 Å². The van der Waals surface area contributed by atoms with Gasteiger partial charge in [-0.05, 0) is 25.5 Å². The molecule has 1 aliphatic heterocycles. The molecule has 2 rings (SSSR count). The molecule has 1 heterocycles. The highest BCUT2D eigenvalue weighted by atomic mass is 16.5. The molecule has 20 heavy (non-hydrogen) atoms. The van der Waals surface area contributed by atoms with Gasteiger partial charge >= 0.3 is 0 Å². The third-order valence-electron chi connectivity index (χ3n) is 3.43. The summed E-state index contributed by atoms with van der Waals surface area (Å²) in [7, 11) is 1.56. The van der Waals surface area contributed by atoms with Crippen LogP contribution in [0.5, 0.6) is 5.75 Å². The first kappa shape index (κ1) is 14.6. The minimum Gasteiger partial charge on any atom is -0.497 e. The lowest BCUT2D eigenvalue weighted by Gasteiger charge is -2.18. The largest absolute Gasteiger partial charge is 0.497 e. The van der Waals surface area contributed by atoms with Gasteiger partial charge in [0, 0.05) is 19.2 Å². The van der Waals surface area contributed by atoms with E-state index in [2.05, 4.69) is 5.32 Å². The predicted molar refractivity (Wildman–Crippen MR) is 77.7 cm³/mol. The van der Waals surface area contributed by atoms with Gasteiger partial charge in [0.1, 0.15) is 5.75 Å². The number of ether oxygens (including phenoxy) is 1. The first-order valence-electron chi connectivity index (χ1n) is 6.58. The summed E-state index contributed by atoms with van der Waals surface area (Å²) in [5.41, 5.74) is 6.19. The van der Waals surface area contributed by atoms with Crippen LogP contribution >= 0.6 is 0 Å². The molecule has 0 radical (unpaired) electrons. The number of nitrogens with zero attached hydrogens (tertiary/aromatic N) is 1. The molecule has 0 aliphatic carbocycles. The molecule has 1 unspecified atom stereocenters. The molecule has 1 aliphatic rings. The Morgan fingerprint density at radius 2 is 2.35 bits per heavy atom. The second-order valence-electron chi connectivity index (χ2n) is 5.46. The number of anilines is 2. The van der Waals surface area contributed by atoms with Crippen molar-refractivity contribution < 1.29 is 14.6 Å². The summed E-state index contributed by atoms with van der Waals surface area (Å²) >= 11 is 0. The summed E-state index contributed by atoms with van der Waals surface area (Å²) in [5, 5.41) is 12.6. The van der Waals surface area contributed by atoms with E-state index < -0.39 is 5.60 Å². The number of carbonyl (C=O) groups is 1. The second kappa shape index (κ2) is 5.68. The average Bonchev–Trinajstić information content (AvgIpc) is 2.71. The number of aliphatic hydroxyl groups is 1. The van der Waals surface area contributed by atoms with Crippen molar-refractivity contribution in [3.8, 4) is 5.75 Å². The van der Waals surface area contributed by atoms with Gasteiger partial charge in [-0.15, -0.1) is 0 Å². The highest BCUT2D eigenvalue weighted by molar-refractivity contribution is 5.95. The highest BCUT2D eigenvalue weighted by Crippen LogP contribution is 2.24. The SMILES string of the molecule is COc1ccc(NC(=O)CN2CCC(C)(O)C2)c(N)c1. The van der Waals surface area contributed by atoms with E-state index in [-0.39, 0.29) is 12.5 Å². The number of benzene rings is 1. The van der Waals surface area contributed by atoms with Crippen LogP contribution in [-0.4, -0.2) is 48.3 Å². The summed E-state index contributed by atoms with van der Waals surface area (Å²) in [6.45, 7) is 3.27. The van der Waals surface area contributed by atoms with Gasteiger partial charge in [0.2, 0.25) is 5.91 Å². The van der Waals surface area contributed by atoms with E-state index in [4.69, 9.17) is 10.5 Å². The minimum atomic E-state index is -0.695. The molecule has 0 bridgehead atoms. The lowest BCUT2D eigenvalue weighted by atomic mass is 10.1. The van der Waals surface area contributed by atoms with Crippen molar-refractivity contribution in [2.75, 3.05) is 37.8 Å². The van der Waals surface area contributed by atoms with Crippen molar-refractivity contribution in [2.45, 2.75) is 18.9 Å². The quantitative estimate of drug-likeness (QED) is 0.705. The molecule has 1 atom stereocenters. The first-order valence-corrected chi connectivity index (χ1v) is 6.58. The number of methoxy groups -OCH3 is 1. The van der Waals surface area contributed by atoms with Crippen LogP contribution in [0.1, 0.15) is 13.3 Å². The Balaban J connectivity index is 1.92. The molecule has 1 amide bonds. The van der Waals surface area contributed by atoms with E-state index in [1.54, 1.807) is 32.2 Å². The second-order valence-corrected chi connectivity index (χ2v) is 5.46. The number of nitrogens with one attached hydrogen (secondary N) is 1. The maximum absolute atomic E-state index is 12.0. The van der Waals surface area contributed by atoms with E-state index in [1.807, 2.05) is 4.90 Å². The number of hydrogen-bond donors (Lipinski definition) is 3. The number of amides is 1. The van der Waals surface area contributed by atoms with Crippen molar-refractivity contribution in [1.82, 2.24) is 4.90 Å². The van der Waals surface area contributed by atoms with E-state index in [9.17, 15) is 9.90 Å². The monoisotopic (exact) mass is 279 g/mol. The number of nitrogen functional groups attached to an aromatic ring is 1. The molecule has 1 saturated heterocycles. The van der Waals surface area contributed by atoms with Crippen molar-refractivity contribution in [3.63, 3.8) is 0 Å². The number of β-amino-alcohol motifs (C(OH)–C–C–N with tert-alkyl or cyclic N) is 1. The first-order chi connectivity index (χ1) is 9.39. The lowest BCUT2D eigenvalue weighted by Crippen LogP contribution is -2.35. The molecule has 110 valence electrons. The highest BCUT2D eigenvalue weighted by Gasteiger charge is 2.32. The number of carbonyl (C=O) groups excluding carboxylic acids is 1. The standard InChI is InChI=1S/C14H21N3O3/c1-14(19)5-6-17(9-14)8-13(18)16-12-4-3-10(20-2)7-11(12)15/h3-4,7,19H,5-6,8-9,15H2,1-2H3,(H,16,18). The number of hydrogen-bond acceptors (Lipinski definition) is 5. The topological polar surface area (TPSA) is 87.8 Å². The number of rotatable bonds is 4. The van der Waals surface area contributed by atoms with E-state index in [1.165, 1.54) is 0 Å². The van der Waals surface area contributed by atoms with Gasteiger partial charge < -0.3 is 20.9 Å². The van der Waals surface area contributed by atoms with Gasteiger partial charge in [-0.1, -0.05) is 0 Å². The molecule has 0 aromatic heterocycles. The molecule has 0 saturated carbocycles. The molecular weight excluding hydrogens is 258 g/mol. The Morgan fingerprint density at radius 1 is 1.60 bits per heavy atom. The van der Waals surface area contributed by atoms with Crippen LogP contribution in [0.2, 0.25) is 0 Å². The minimum absolute atomic E-state index is 0.139. The Bertz CT molecular complexity index is 502. The third-order valence-corrected chi connectivity index (χ3v) is 3.43. The smallest absolute Gasteiger partial charge is 0.238 e. The van der Waals surface area contributed by atoms with Crippen LogP contribution in [0.15, 0.2) is 18.2 Å². The van der Waals surface area contributed by atoms with Crippen LogP contribution in [-0.2, 0) is 4.79 Å². The van der Waals surface area contributed by atoms with Gasteiger partial charge in [-0.3, -0.25) is 9.69 Å². The predicted octanol–water partition coefficient (Wildman–Crippen LogP) is 0.673. The lowest BCUT2D eigenvalue weighted by molar-refractivity contribution is -0.117. The maximum atomic E-state index is 12.0. The molecule has 0 spiro atoms. The fourth-order valence-corrected chi connectivity index (χ4v) is 2.35. The van der Waals surface area contributed by atoms with E-state index in [0.29, 0.717) is 30.1 Å². The molecule has 6 nitrogen and oxygen atoms in total. The van der Waals surface area contributed by atoms with Crippen LogP contribution < -0.4 is 15.8 Å². The van der Waals surface area contributed by atoms with Crippen molar-refractivity contribution >= 4 is 17.3 Å². The normalized spacial score (nSPS) is 22.8. The third kappa shape index (κ3) is 3.61.